The van der Waals surface area contributed by atoms with Crippen LogP contribution in [0.1, 0.15) is 32.3 Å². The number of benzene rings is 2. The van der Waals surface area contributed by atoms with Gasteiger partial charge >= 0.3 is 0 Å². The Morgan fingerprint density at radius 3 is 2.48 bits per heavy atom. The third-order valence-corrected chi connectivity index (χ3v) is 8.11. The molecule has 0 radical (unpaired) electrons. The lowest BCUT2D eigenvalue weighted by molar-refractivity contribution is -0.174. The van der Waals surface area contributed by atoms with Crippen molar-refractivity contribution in [2.45, 2.75) is 63.0 Å². The molecule has 178 valence electrons. The number of fused-ring (bicyclic) bond motifs is 2. The van der Waals surface area contributed by atoms with E-state index in [9.17, 15) is 18.3 Å². The third kappa shape index (κ3) is 4.41. The zero-order valence-corrected chi connectivity index (χ0v) is 19.4. The highest BCUT2D eigenvalue weighted by Gasteiger charge is 2.63. The summed E-state index contributed by atoms with van der Waals surface area (Å²) >= 11 is 0. The van der Waals surface area contributed by atoms with Gasteiger partial charge in [-0.15, -0.1) is 0 Å². The molecule has 2 heterocycles. The summed E-state index contributed by atoms with van der Waals surface area (Å²) in [5.74, 6) is -1.37. The summed E-state index contributed by atoms with van der Waals surface area (Å²) in [7, 11) is -3.81. The molecule has 0 spiro atoms. The van der Waals surface area contributed by atoms with Gasteiger partial charge < -0.3 is 10.0 Å². The van der Waals surface area contributed by atoms with Crippen LogP contribution in [0.4, 0.5) is 8.78 Å². The zero-order valence-electron chi connectivity index (χ0n) is 18.5. The van der Waals surface area contributed by atoms with Gasteiger partial charge in [-0.1, -0.05) is 48.5 Å². The second kappa shape index (κ2) is 8.77. The smallest absolute Gasteiger partial charge is 0.251 e. The van der Waals surface area contributed by atoms with Gasteiger partial charge in [0.25, 0.3) is 5.91 Å². The SMILES string of the molecule is CCS(=O)(=O)N[C@@H]1[C@H](Cc2cccc(-c3ccccc3)c2F)N(C(=O)[C@@H](C)O)C2CC1(F)C2. The fourth-order valence-corrected chi connectivity index (χ4v) is 5.91. The largest absolute Gasteiger partial charge is 0.384 e. The second-order valence-corrected chi connectivity index (χ2v) is 11.0. The first-order valence-electron chi connectivity index (χ1n) is 11.1. The number of hydrogen-bond donors (Lipinski definition) is 2. The maximum Gasteiger partial charge on any atom is 0.251 e. The van der Waals surface area contributed by atoms with Crippen molar-refractivity contribution in [2.24, 2.45) is 0 Å². The van der Waals surface area contributed by atoms with Gasteiger partial charge in [0.15, 0.2) is 0 Å². The van der Waals surface area contributed by atoms with Crippen LogP contribution in [-0.4, -0.2) is 60.0 Å². The Morgan fingerprint density at radius 2 is 1.88 bits per heavy atom. The van der Waals surface area contributed by atoms with Crippen LogP contribution in [0.15, 0.2) is 48.5 Å². The normalized spacial score (nSPS) is 27.7. The summed E-state index contributed by atoms with van der Waals surface area (Å²) in [5.41, 5.74) is -0.551. The molecule has 1 amide bonds. The molecule has 1 saturated carbocycles. The average Bonchev–Trinajstić information content (AvgIpc) is 2.76. The first-order chi connectivity index (χ1) is 15.6. The van der Waals surface area contributed by atoms with Crippen LogP contribution in [0.5, 0.6) is 0 Å². The predicted molar refractivity (Wildman–Crippen MR) is 121 cm³/mol. The minimum absolute atomic E-state index is 0.0224. The molecule has 9 heteroatoms. The second-order valence-electron chi connectivity index (χ2n) is 8.93. The third-order valence-electron chi connectivity index (χ3n) is 6.73. The Morgan fingerprint density at radius 1 is 1.21 bits per heavy atom. The summed E-state index contributed by atoms with van der Waals surface area (Å²) in [4.78, 5) is 14.2. The monoisotopic (exact) mass is 478 g/mol. The number of rotatable bonds is 7. The van der Waals surface area contributed by atoms with E-state index in [-0.39, 0.29) is 30.6 Å². The fourth-order valence-electron chi connectivity index (χ4n) is 4.99. The lowest BCUT2D eigenvalue weighted by atomic mass is 9.64. The van der Waals surface area contributed by atoms with Crippen LogP contribution in [0.3, 0.4) is 0 Å². The van der Waals surface area contributed by atoms with Gasteiger partial charge in [-0.2, -0.15) is 0 Å². The van der Waals surface area contributed by atoms with Crippen LogP contribution in [-0.2, 0) is 21.2 Å². The van der Waals surface area contributed by atoms with E-state index in [1.165, 1.54) is 18.7 Å². The topological polar surface area (TPSA) is 86.7 Å². The van der Waals surface area contributed by atoms with Crippen molar-refractivity contribution in [1.82, 2.24) is 9.62 Å². The number of piperidine rings is 2. The van der Waals surface area contributed by atoms with Crippen LogP contribution < -0.4 is 4.72 Å². The zero-order chi connectivity index (χ0) is 24.0. The molecular weight excluding hydrogens is 450 g/mol. The molecule has 3 atom stereocenters. The van der Waals surface area contributed by atoms with Gasteiger partial charge in [0, 0.05) is 24.4 Å². The van der Waals surface area contributed by atoms with Gasteiger partial charge in [0.1, 0.15) is 17.6 Å². The van der Waals surface area contributed by atoms with E-state index < -0.39 is 51.6 Å². The van der Waals surface area contributed by atoms with Gasteiger partial charge in [-0.05, 0) is 31.4 Å². The van der Waals surface area contributed by atoms with Crippen molar-refractivity contribution in [3.63, 3.8) is 0 Å². The van der Waals surface area contributed by atoms with Crippen molar-refractivity contribution in [2.75, 3.05) is 5.75 Å². The molecule has 0 unspecified atom stereocenters. The molecule has 2 aromatic carbocycles. The summed E-state index contributed by atoms with van der Waals surface area (Å²) in [6, 6.07) is 11.1. The molecule has 3 fully saturated rings. The number of nitrogens with one attached hydrogen (secondary N) is 1. The van der Waals surface area contributed by atoms with Gasteiger partial charge in [0.05, 0.1) is 17.8 Å². The molecule has 2 N–H and O–H groups in total. The number of aliphatic hydroxyl groups is 1. The number of nitrogens with zero attached hydrogens (tertiary/aromatic N) is 1. The molecule has 33 heavy (non-hydrogen) atoms. The average molecular weight is 479 g/mol. The number of halogens is 2. The van der Waals surface area contributed by atoms with E-state index in [0.29, 0.717) is 11.1 Å². The van der Waals surface area contributed by atoms with Crippen molar-refractivity contribution in [1.29, 1.82) is 0 Å². The highest BCUT2D eigenvalue weighted by Crippen LogP contribution is 2.50. The number of sulfonamides is 1. The molecule has 0 aromatic heterocycles. The molecule has 1 aliphatic carbocycles. The van der Waals surface area contributed by atoms with Gasteiger partial charge in [-0.3, -0.25) is 4.79 Å². The summed E-state index contributed by atoms with van der Waals surface area (Å²) in [6.45, 7) is 2.76. The molecule has 5 rings (SSSR count). The Hall–Kier alpha value is -2.36. The number of aliphatic hydroxyl groups excluding tert-OH is 1. The molecular formula is C24H28F2N2O4S. The Balaban J connectivity index is 1.75. The Kier molecular flexibility index (Phi) is 6.32. The van der Waals surface area contributed by atoms with E-state index in [0.717, 1.165) is 0 Å². The lowest BCUT2D eigenvalue weighted by Crippen LogP contribution is -2.77. The number of amides is 1. The molecule has 2 aromatic rings. The number of carbonyl (C=O) groups excluding carboxylic acids is 1. The maximum atomic E-state index is 15.7. The quantitative estimate of drug-likeness (QED) is 0.641. The van der Waals surface area contributed by atoms with Gasteiger partial charge in [0.2, 0.25) is 10.0 Å². The summed E-state index contributed by atoms with van der Waals surface area (Å²) in [6.07, 6.45) is -1.48. The van der Waals surface area contributed by atoms with E-state index in [1.807, 2.05) is 6.07 Å². The maximum absolute atomic E-state index is 15.7. The molecule has 6 nitrogen and oxygen atoms in total. The van der Waals surface area contributed by atoms with Crippen molar-refractivity contribution < 1.29 is 27.1 Å². The fraction of sp³-hybridized carbons (Fsp3) is 0.458. The standard InChI is InChI=1S/C24H28F2N2O4S/c1-3-33(31,32)27-22-20(28(23(30)15(2)29)18-13-24(22,26)14-18)12-17-10-7-11-19(21(17)25)16-8-5-4-6-9-16/h4-11,15,18,20,22,27,29H,3,12-14H2,1-2H3/t15-,18?,20+,22-,24?/m1/s1. The lowest BCUT2D eigenvalue weighted by Gasteiger charge is -2.61. The van der Waals surface area contributed by atoms with Crippen LogP contribution in [0.2, 0.25) is 0 Å². The Bertz CT molecular complexity index is 1130. The minimum Gasteiger partial charge on any atom is -0.384 e. The van der Waals surface area contributed by atoms with Crippen LogP contribution >= 0.6 is 0 Å². The molecule has 2 bridgehead atoms. The van der Waals surface area contributed by atoms with E-state index >= 15 is 8.78 Å². The minimum atomic E-state index is -3.81. The van der Waals surface area contributed by atoms with Crippen molar-refractivity contribution in [3.05, 3.63) is 59.9 Å². The molecule has 2 aliphatic heterocycles. The van der Waals surface area contributed by atoms with Gasteiger partial charge in [-0.25, -0.2) is 21.9 Å². The van der Waals surface area contributed by atoms with Crippen molar-refractivity contribution >= 4 is 15.9 Å². The first-order valence-corrected chi connectivity index (χ1v) is 12.7. The first kappa shape index (κ1) is 23.8. The molecule has 3 aliphatic rings. The molecule has 2 saturated heterocycles. The van der Waals surface area contributed by atoms with E-state index in [4.69, 9.17) is 0 Å². The highest BCUT2D eigenvalue weighted by molar-refractivity contribution is 7.89. The summed E-state index contributed by atoms with van der Waals surface area (Å²) in [5, 5.41) is 9.97. The van der Waals surface area contributed by atoms with Crippen LogP contribution in [0.25, 0.3) is 11.1 Å². The van der Waals surface area contributed by atoms with Crippen molar-refractivity contribution in [3.8, 4) is 11.1 Å². The number of carbonyl (C=O) groups is 1. The van der Waals surface area contributed by atoms with E-state index in [2.05, 4.69) is 4.72 Å². The van der Waals surface area contributed by atoms with Crippen LogP contribution in [0, 0.1) is 5.82 Å². The number of alkyl halides is 1. The predicted octanol–water partition coefficient (Wildman–Crippen LogP) is 2.81. The van der Waals surface area contributed by atoms with E-state index in [1.54, 1.807) is 42.5 Å². The summed E-state index contributed by atoms with van der Waals surface area (Å²) < 4.78 is 58.4. The highest BCUT2D eigenvalue weighted by atomic mass is 32.2. The Labute approximate surface area is 192 Å². The number of hydrogen-bond acceptors (Lipinski definition) is 4.